The maximum absolute atomic E-state index is 13.8. The number of unbranched alkanes of at least 4 members (excludes halogenated alkanes) is 2. The first-order chi connectivity index (χ1) is 14.7. The summed E-state index contributed by atoms with van der Waals surface area (Å²) >= 11 is 1.26. The minimum absolute atomic E-state index is 0.163. The van der Waals surface area contributed by atoms with Gasteiger partial charge < -0.3 is 9.64 Å². The van der Waals surface area contributed by atoms with Gasteiger partial charge in [-0.15, -0.1) is 11.3 Å². The molecule has 1 amide bonds. The van der Waals surface area contributed by atoms with Crippen LogP contribution in [0, 0.1) is 5.92 Å². The molecule has 0 radical (unpaired) electrons. The van der Waals surface area contributed by atoms with E-state index in [-0.39, 0.29) is 29.9 Å². The van der Waals surface area contributed by atoms with Gasteiger partial charge in [0.15, 0.2) is 5.13 Å². The van der Waals surface area contributed by atoms with E-state index >= 15 is 0 Å². The van der Waals surface area contributed by atoms with Gasteiger partial charge in [0, 0.05) is 17.8 Å². The second-order valence-electron chi connectivity index (χ2n) is 8.04. The molecule has 1 fully saturated rings. The fourth-order valence-corrected chi connectivity index (χ4v) is 4.02. The fourth-order valence-electron chi connectivity index (χ4n) is 3.18. The first-order valence-electron chi connectivity index (χ1n) is 10.5. The Kier molecular flexibility index (Phi) is 7.59. The van der Waals surface area contributed by atoms with Gasteiger partial charge in [-0.25, -0.2) is 4.98 Å². The number of hydrogen-bond acceptors (Lipinski definition) is 5. The van der Waals surface area contributed by atoms with E-state index in [0.29, 0.717) is 18.1 Å². The molecule has 1 aliphatic rings. The highest BCUT2D eigenvalue weighted by Crippen LogP contribution is 2.42. The Morgan fingerprint density at radius 3 is 2.61 bits per heavy atom. The molecule has 9 heteroatoms. The Balaban J connectivity index is 1.94. The molecular formula is C22H28F3N3O2S. The van der Waals surface area contributed by atoms with E-state index in [1.54, 1.807) is 0 Å². The van der Waals surface area contributed by atoms with E-state index in [4.69, 9.17) is 4.74 Å². The van der Waals surface area contributed by atoms with Crippen molar-refractivity contribution >= 4 is 28.1 Å². The van der Waals surface area contributed by atoms with Crippen molar-refractivity contribution in [2.75, 3.05) is 25.6 Å². The average molecular weight is 456 g/mol. The van der Waals surface area contributed by atoms with E-state index in [2.05, 4.69) is 4.98 Å². The summed E-state index contributed by atoms with van der Waals surface area (Å²) in [5.74, 6) is -0.588. The number of rotatable bonds is 10. The van der Waals surface area contributed by atoms with Crippen LogP contribution in [0.15, 0.2) is 23.6 Å². The molecule has 1 aromatic carbocycles. The maximum Gasteiger partial charge on any atom is 0.420 e. The van der Waals surface area contributed by atoms with E-state index < -0.39 is 11.7 Å². The molecule has 31 heavy (non-hydrogen) atoms. The molecule has 0 bridgehead atoms. The van der Waals surface area contributed by atoms with Gasteiger partial charge in [-0.1, -0.05) is 19.8 Å². The first kappa shape index (κ1) is 23.5. The summed E-state index contributed by atoms with van der Waals surface area (Å²) < 4.78 is 46.8. The summed E-state index contributed by atoms with van der Waals surface area (Å²) in [5, 5.41) is 2.22. The Bertz CT molecular complexity index is 894. The number of thiazole rings is 1. The van der Waals surface area contributed by atoms with Gasteiger partial charge >= 0.3 is 6.18 Å². The predicted molar refractivity (Wildman–Crippen MR) is 116 cm³/mol. The van der Waals surface area contributed by atoms with Crippen LogP contribution in [0.3, 0.4) is 0 Å². The Hall–Kier alpha value is -2.13. The standard InChI is InChI=1S/C22H28F3N3O2S/c1-4-5-6-11-30-19-10-9-17(12-18(19)22(23,24)25)28(20(29)15-7-8-15)21-26-16(14-31-21)13-27(2)3/h9-10,12,14-15H,4-8,11,13H2,1-3H3. The monoisotopic (exact) mass is 455 g/mol. The summed E-state index contributed by atoms with van der Waals surface area (Å²) in [7, 11) is 3.81. The third-order valence-electron chi connectivity index (χ3n) is 4.89. The zero-order chi connectivity index (χ0) is 22.6. The second kappa shape index (κ2) is 9.99. The Labute approximate surface area is 184 Å². The molecule has 1 aliphatic carbocycles. The van der Waals surface area contributed by atoms with Gasteiger partial charge in [-0.2, -0.15) is 13.2 Å². The average Bonchev–Trinajstić information content (AvgIpc) is 3.46. The number of aromatic nitrogens is 1. The summed E-state index contributed by atoms with van der Waals surface area (Å²) in [6.45, 7) is 2.83. The zero-order valence-corrected chi connectivity index (χ0v) is 18.9. The number of anilines is 2. The molecule has 0 unspecified atom stereocenters. The minimum Gasteiger partial charge on any atom is -0.493 e. The first-order valence-corrected chi connectivity index (χ1v) is 11.4. The second-order valence-corrected chi connectivity index (χ2v) is 8.88. The van der Waals surface area contributed by atoms with Gasteiger partial charge in [-0.05, 0) is 51.6 Å². The molecule has 0 spiro atoms. The molecular weight excluding hydrogens is 427 g/mol. The number of benzene rings is 1. The van der Waals surface area contributed by atoms with Crippen LogP contribution in [-0.4, -0.2) is 36.5 Å². The van der Waals surface area contributed by atoms with Crippen molar-refractivity contribution in [2.45, 2.75) is 51.7 Å². The fraction of sp³-hybridized carbons (Fsp3) is 0.545. The highest BCUT2D eigenvalue weighted by Gasteiger charge is 2.39. The zero-order valence-electron chi connectivity index (χ0n) is 18.0. The van der Waals surface area contributed by atoms with Gasteiger partial charge in [-0.3, -0.25) is 9.69 Å². The van der Waals surface area contributed by atoms with Crippen LogP contribution in [0.5, 0.6) is 5.75 Å². The Morgan fingerprint density at radius 1 is 1.26 bits per heavy atom. The highest BCUT2D eigenvalue weighted by molar-refractivity contribution is 7.14. The maximum atomic E-state index is 13.8. The molecule has 2 aromatic rings. The lowest BCUT2D eigenvalue weighted by Crippen LogP contribution is -2.28. The van der Waals surface area contributed by atoms with E-state index in [1.807, 2.05) is 31.3 Å². The number of carbonyl (C=O) groups excluding carboxylic acids is 1. The normalized spacial score (nSPS) is 14.2. The number of amides is 1. The largest absolute Gasteiger partial charge is 0.493 e. The smallest absolute Gasteiger partial charge is 0.420 e. The van der Waals surface area contributed by atoms with Crippen molar-refractivity contribution in [2.24, 2.45) is 5.92 Å². The highest BCUT2D eigenvalue weighted by atomic mass is 32.1. The van der Waals surface area contributed by atoms with Crippen LogP contribution in [0.25, 0.3) is 0 Å². The lowest BCUT2D eigenvalue weighted by molar-refractivity contribution is -0.139. The third-order valence-corrected chi connectivity index (χ3v) is 5.76. The van der Waals surface area contributed by atoms with E-state index in [9.17, 15) is 18.0 Å². The van der Waals surface area contributed by atoms with Gasteiger partial charge in [0.25, 0.3) is 0 Å². The predicted octanol–water partition coefficient (Wildman–Crippen LogP) is 5.87. The van der Waals surface area contributed by atoms with Crippen LogP contribution in [0.4, 0.5) is 24.0 Å². The minimum atomic E-state index is -4.59. The summed E-state index contributed by atoms with van der Waals surface area (Å²) in [6.07, 6.45) is -0.566. The van der Waals surface area contributed by atoms with Gasteiger partial charge in [0.1, 0.15) is 5.75 Å². The lowest BCUT2D eigenvalue weighted by Gasteiger charge is -2.22. The van der Waals surface area contributed by atoms with Crippen molar-refractivity contribution in [3.05, 3.63) is 34.8 Å². The number of hydrogen-bond donors (Lipinski definition) is 0. The van der Waals surface area contributed by atoms with Crippen molar-refractivity contribution in [1.82, 2.24) is 9.88 Å². The topological polar surface area (TPSA) is 45.7 Å². The molecule has 0 N–H and O–H groups in total. The summed E-state index contributed by atoms with van der Waals surface area (Å²) in [4.78, 5) is 20.8. The molecule has 0 atom stereocenters. The quantitative estimate of drug-likeness (QED) is 0.421. The molecule has 170 valence electrons. The van der Waals surface area contributed by atoms with Crippen molar-refractivity contribution in [3.8, 4) is 5.75 Å². The molecule has 0 aliphatic heterocycles. The number of nitrogens with zero attached hydrogens (tertiary/aromatic N) is 3. The van der Waals surface area contributed by atoms with E-state index in [1.165, 1.54) is 28.4 Å². The summed E-state index contributed by atoms with van der Waals surface area (Å²) in [6, 6.07) is 3.83. The van der Waals surface area contributed by atoms with Crippen LogP contribution in [0.2, 0.25) is 0 Å². The SMILES string of the molecule is CCCCCOc1ccc(N(C(=O)C2CC2)c2nc(CN(C)C)cs2)cc1C(F)(F)F. The van der Waals surface area contributed by atoms with Gasteiger partial charge in [0.05, 0.1) is 23.6 Å². The Morgan fingerprint density at radius 2 is 2.00 bits per heavy atom. The summed E-state index contributed by atoms with van der Waals surface area (Å²) in [5.41, 5.74) is 0.0570. The molecule has 1 aromatic heterocycles. The van der Waals surface area contributed by atoms with Crippen molar-refractivity contribution < 1.29 is 22.7 Å². The molecule has 5 nitrogen and oxygen atoms in total. The number of halogens is 3. The van der Waals surface area contributed by atoms with Crippen LogP contribution >= 0.6 is 11.3 Å². The molecule has 1 saturated carbocycles. The molecule has 1 heterocycles. The van der Waals surface area contributed by atoms with Crippen molar-refractivity contribution in [1.29, 1.82) is 0 Å². The molecule has 0 saturated heterocycles. The van der Waals surface area contributed by atoms with E-state index in [0.717, 1.165) is 37.4 Å². The van der Waals surface area contributed by atoms with Gasteiger partial charge in [0.2, 0.25) is 5.91 Å². The number of ether oxygens (including phenoxy) is 1. The molecule has 3 rings (SSSR count). The number of carbonyl (C=O) groups is 1. The van der Waals surface area contributed by atoms with Crippen LogP contribution < -0.4 is 9.64 Å². The van der Waals surface area contributed by atoms with Crippen molar-refractivity contribution in [3.63, 3.8) is 0 Å². The third kappa shape index (κ3) is 6.20. The lowest BCUT2D eigenvalue weighted by atomic mass is 10.1. The van der Waals surface area contributed by atoms with Crippen LogP contribution in [0.1, 0.15) is 50.3 Å². The van der Waals surface area contributed by atoms with Crippen LogP contribution in [-0.2, 0) is 17.5 Å². The number of alkyl halides is 3.